The summed E-state index contributed by atoms with van der Waals surface area (Å²) >= 11 is 13.4. The van der Waals surface area contributed by atoms with Crippen LogP contribution in [0, 0.1) is 0 Å². The van der Waals surface area contributed by atoms with Gasteiger partial charge in [-0.2, -0.15) is 13.2 Å². The van der Waals surface area contributed by atoms with Crippen LogP contribution in [0.2, 0.25) is 10.0 Å². The summed E-state index contributed by atoms with van der Waals surface area (Å²) in [6.07, 6.45) is -6.08. The third-order valence-corrected chi connectivity index (χ3v) is 5.49. The molecule has 0 saturated heterocycles. The third-order valence-electron chi connectivity index (χ3n) is 3.75. The number of rotatable bonds is 4. The maximum Gasteiger partial charge on any atom is 0.430 e. The summed E-state index contributed by atoms with van der Waals surface area (Å²) in [4.78, 5) is 13.3. The fourth-order valence-electron chi connectivity index (χ4n) is 2.53. The van der Waals surface area contributed by atoms with Gasteiger partial charge in [0, 0.05) is 20.4 Å². The first-order valence-corrected chi connectivity index (χ1v) is 9.65. The standard InChI is InChI=1S/C19H13Cl2F3O3S/c1-2-26-18(25)13-7-10-8-14(21)16(28-12-5-3-11(20)4-6-12)9-15(10)27-17(13)19(22,23)24/h3-9,17H,2H2,1H3. The van der Waals surface area contributed by atoms with Crippen molar-refractivity contribution in [1.82, 2.24) is 0 Å². The van der Waals surface area contributed by atoms with Crippen LogP contribution in [0.4, 0.5) is 13.2 Å². The molecule has 0 amide bonds. The number of fused-ring (bicyclic) bond motifs is 1. The van der Waals surface area contributed by atoms with Crippen LogP contribution in [0.25, 0.3) is 6.08 Å². The van der Waals surface area contributed by atoms with Gasteiger partial charge in [0.2, 0.25) is 6.10 Å². The van der Waals surface area contributed by atoms with E-state index in [-0.39, 0.29) is 17.9 Å². The first kappa shape index (κ1) is 20.9. The summed E-state index contributed by atoms with van der Waals surface area (Å²) in [7, 11) is 0. The topological polar surface area (TPSA) is 35.5 Å². The maximum atomic E-state index is 13.4. The second-order valence-electron chi connectivity index (χ2n) is 5.74. The molecule has 0 N–H and O–H groups in total. The van der Waals surface area contributed by atoms with Gasteiger partial charge in [0.05, 0.1) is 17.2 Å². The van der Waals surface area contributed by atoms with E-state index in [9.17, 15) is 18.0 Å². The maximum absolute atomic E-state index is 13.4. The molecule has 2 aromatic carbocycles. The smallest absolute Gasteiger partial charge is 0.430 e. The van der Waals surface area contributed by atoms with Crippen molar-refractivity contribution in [3.05, 3.63) is 57.6 Å². The Labute approximate surface area is 173 Å². The Morgan fingerprint density at radius 3 is 2.50 bits per heavy atom. The van der Waals surface area contributed by atoms with Gasteiger partial charge in [-0.25, -0.2) is 4.79 Å². The molecule has 0 aliphatic carbocycles. The number of alkyl halides is 3. The fourth-order valence-corrected chi connectivity index (χ4v) is 3.79. The molecule has 1 unspecified atom stereocenters. The molecule has 0 radical (unpaired) electrons. The monoisotopic (exact) mass is 448 g/mol. The van der Waals surface area contributed by atoms with Crippen LogP contribution >= 0.6 is 35.0 Å². The molecule has 28 heavy (non-hydrogen) atoms. The van der Waals surface area contributed by atoms with Crippen LogP contribution in [-0.4, -0.2) is 24.9 Å². The molecule has 0 aromatic heterocycles. The molecule has 0 saturated carbocycles. The molecule has 0 spiro atoms. The predicted molar refractivity (Wildman–Crippen MR) is 102 cm³/mol. The second-order valence-corrected chi connectivity index (χ2v) is 7.70. The van der Waals surface area contributed by atoms with Crippen LogP contribution in [-0.2, 0) is 9.53 Å². The molecule has 0 fully saturated rings. The van der Waals surface area contributed by atoms with Crippen molar-refractivity contribution >= 4 is 47.0 Å². The number of ether oxygens (including phenoxy) is 2. The molecule has 1 heterocycles. The average molecular weight is 449 g/mol. The number of hydrogen-bond acceptors (Lipinski definition) is 4. The van der Waals surface area contributed by atoms with Gasteiger partial charge in [-0.05, 0) is 49.4 Å². The molecule has 0 bridgehead atoms. The van der Waals surface area contributed by atoms with E-state index >= 15 is 0 Å². The first-order chi connectivity index (χ1) is 13.2. The highest BCUT2D eigenvalue weighted by Gasteiger charge is 2.48. The summed E-state index contributed by atoms with van der Waals surface area (Å²) in [6, 6.07) is 9.80. The highest BCUT2D eigenvalue weighted by atomic mass is 35.5. The Morgan fingerprint density at radius 2 is 1.89 bits per heavy atom. The summed E-state index contributed by atoms with van der Waals surface area (Å²) in [5.74, 6) is -1.09. The molecular formula is C19H13Cl2F3O3S. The molecule has 148 valence electrons. The van der Waals surface area contributed by atoms with Crippen molar-refractivity contribution in [3.8, 4) is 5.75 Å². The van der Waals surface area contributed by atoms with Crippen molar-refractivity contribution in [2.24, 2.45) is 0 Å². The number of carbonyl (C=O) groups is 1. The Balaban J connectivity index is 1.99. The highest BCUT2D eigenvalue weighted by Crippen LogP contribution is 2.43. The molecule has 1 atom stereocenters. The number of hydrogen-bond donors (Lipinski definition) is 0. The summed E-state index contributed by atoms with van der Waals surface area (Å²) in [5.41, 5.74) is -0.343. The van der Waals surface area contributed by atoms with Crippen LogP contribution in [0.5, 0.6) is 5.75 Å². The van der Waals surface area contributed by atoms with Crippen LogP contribution in [0.1, 0.15) is 12.5 Å². The number of halogens is 5. The lowest BCUT2D eigenvalue weighted by molar-refractivity contribution is -0.187. The lowest BCUT2D eigenvalue weighted by Gasteiger charge is -2.28. The SMILES string of the molecule is CCOC(=O)C1=Cc2cc(Cl)c(Sc3ccc(Cl)cc3)cc2OC1C(F)(F)F. The quantitative estimate of drug-likeness (QED) is 0.505. The largest absolute Gasteiger partial charge is 0.475 e. The van der Waals surface area contributed by atoms with Gasteiger partial charge >= 0.3 is 12.1 Å². The van der Waals surface area contributed by atoms with E-state index in [1.54, 1.807) is 24.3 Å². The predicted octanol–water partition coefficient (Wildman–Crippen LogP) is 6.41. The Kier molecular flexibility index (Phi) is 6.17. The fraction of sp³-hybridized carbons (Fsp3) is 0.211. The van der Waals surface area contributed by atoms with E-state index in [1.165, 1.54) is 30.8 Å². The molecular weight excluding hydrogens is 436 g/mol. The van der Waals surface area contributed by atoms with Gasteiger partial charge < -0.3 is 9.47 Å². The minimum Gasteiger partial charge on any atom is -0.475 e. The zero-order valence-electron chi connectivity index (χ0n) is 14.3. The van der Waals surface area contributed by atoms with E-state index in [0.717, 1.165) is 11.0 Å². The summed E-state index contributed by atoms with van der Waals surface area (Å²) < 4.78 is 50.2. The normalized spacial score (nSPS) is 16.1. The highest BCUT2D eigenvalue weighted by molar-refractivity contribution is 7.99. The van der Waals surface area contributed by atoms with Crippen molar-refractivity contribution in [1.29, 1.82) is 0 Å². The number of esters is 1. The Bertz CT molecular complexity index is 927. The minimum atomic E-state index is -4.78. The molecule has 2 aromatic rings. The lowest BCUT2D eigenvalue weighted by atomic mass is 10.0. The molecule has 1 aliphatic rings. The molecule has 3 nitrogen and oxygen atoms in total. The van der Waals surface area contributed by atoms with Gasteiger partial charge in [-0.3, -0.25) is 0 Å². The van der Waals surface area contributed by atoms with Gasteiger partial charge in [0.1, 0.15) is 5.75 Å². The van der Waals surface area contributed by atoms with Crippen LogP contribution in [0.3, 0.4) is 0 Å². The van der Waals surface area contributed by atoms with E-state index < -0.39 is 23.8 Å². The van der Waals surface area contributed by atoms with Crippen molar-refractivity contribution in [2.45, 2.75) is 29.0 Å². The van der Waals surface area contributed by atoms with Gasteiger partial charge in [0.25, 0.3) is 0 Å². The molecule has 3 rings (SSSR count). The van der Waals surface area contributed by atoms with Gasteiger partial charge in [0.15, 0.2) is 0 Å². The summed E-state index contributed by atoms with van der Waals surface area (Å²) in [5, 5.41) is 0.876. The number of benzene rings is 2. The van der Waals surface area contributed by atoms with Crippen LogP contribution in [0.15, 0.2) is 51.8 Å². The van der Waals surface area contributed by atoms with Crippen molar-refractivity contribution in [2.75, 3.05) is 6.61 Å². The Morgan fingerprint density at radius 1 is 1.21 bits per heavy atom. The zero-order valence-corrected chi connectivity index (χ0v) is 16.7. The van der Waals surface area contributed by atoms with Crippen molar-refractivity contribution < 1.29 is 27.4 Å². The van der Waals surface area contributed by atoms with E-state index in [4.69, 9.17) is 32.7 Å². The van der Waals surface area contributed by atoms with Gasteiger partial charge in [-0.1, -0.05) is 35.0 Å². The Hall–Kier alpha value is -1.83. The molecule has 1 aliphatic heterocycles. The van der Waals surface area contributed by atoms with Crippen LogP contribution < -0.4 is 4.74 Å². The average Bonchev–Trinajstić information content (AvgIpc) is 2.62. The minimum absolute atomic E-state index is 0.0174. The lowest BCUT2D eigenvalue weighted by Crippen LogP contribution is -2.40. The van der Waals surface area contributed by atoms with Crippen molar-refractivity contribution in [3.63, 3.8) is 0 Å². The third kappa shape index (κ3) is 4.59. The second kappa shape index (κ2) is 8.27. The number of carbonyl (C=O) groups excluding carboxylic acids is 1. The van der Waals surface area contributed by atoms with E-state index in [2.05, 4.69) is 0 Å². The molecule has 9 heteroatoms. The van der Waals surface area contributed by atoms with E-state index in [1.807, 2.05) is 0 Å². The zero-order chi connectivity index (χ0) is 20.5. The summed E-state index contributed by atoms with van der Waals surface area (Å²) in [6.45, 7) is 1.46. The van der Waals surface area contributed by atoms with E-state index in [0.29, 0.717) is 14.9 Å². The van der Waals surface area contributed by atoms with Gasteiger partial charge in [-0.15, -0.1) is 0 Å². The first-order valence-electron chi connectivity index (χ1n) is 8.08.